The van der Waals surface area contributed by atoms with Crippen LogP contribution < -0.4 is 25.1 Å². The molecular formula is C7H9N3O4S. The number of anilines is 2. The van der Waals surface area contributed by atoms with Crippen LogP contribution in [-0.4, -0.2) is 15.2 Å². The van der Waals surface area contributed by atoms with Crippen LogP contribution >= 0.6 is 0 Å². The smallest absolute Gasteiger partial charge is 0.296 e. The number of hydrogen-bond donors (Lipinski definition) is 3. The fourth-order valence-corrected chi connectivity index (χ4v) is 1.68. The number of nitrogen functional groups attached to an aromatic ring is 1. The van der Waals surface area contributed by atoms with Crippen LogP contribution in [0.15, 0.2) is 12.1 Å². The Labute approximate surface area is 86.1 Å². The molecule has 1 heterocycles. The first-order chi connectivity index (χ1) is 6.96. The van der Waals surface area contributed by atoms with Crippen molar-refractivity contribution >= 4 is 21.6 Å². The maximum atomic E-state index is 10.8. The monoisotopic (exact) mass is 231 g/mol. The number of benzene rings is 1. The Kier molecular flexibility index (Phi) is 2.09. The lowest BCUT2D eigenvalue weighted by Gasteiger charge is -2.07. The zero-order chi connectivity index (χ0) is 11.1. The molecule has 2 rings (SSSR count). The quantitative estimate of drug-likeness (QED) is 0.599. The molecule has 15 heavy (non-hydrogen) atoms. The van der Waals surface area contributed by atoms with Gasteiger partial charge >= 0.3 is 0 Å². The van der Waals surface area contributed by atoms with E-state index in [9.17, 15) is 8.42 Å². The van der Waals surface area contributed by atoms with Crippen LogP contribution in [0.3, 0.4) is 0 Å². The first kappa shape index (κ1) is 9.87. The molecule has 0 aromatic heterocycles. The number of nitrogens with two attached hydrogens (primary N) is 2. The Bertz CT molecular complexity index is 499. The van der Waals surface area contributed by atoms with Gasteiger partial charge in [-0.25, -0.2) is 5.14 Å². The maximum absolute atomic E-state index is 10.8. The molecule has 0 saturated heterocycles. The summed E-state index contributed by atoms with van der Waals surface area (Å²) in [6.07, 6.45) is 0. The van der Waals surface area contributed by atoms with Crippen LogP contribution in [0, 0.1) is 0 Å². The molecule has 1 aliphatic heterocycles. The lowest BCUT2D eigenvalue weighted by atomic mass is 10.2. The highest BCUT2D eigenvalue weighted by atomic mass is 32.2. The summed E-state index contributed by atoms with van der Waals surface area (Å²) in [6.45, 7) is 0.0909. The van der Waals surface area contributed by atoms with Gasteiger partial charge in [-0.2, -0.15) is 8.42 Å². The molecule has 1 aliphatic rings. The minimum atomic E-state index is -3.84. The number of rotatable bonds is 2. The predicted molar refractivity (Wildman–Crippen MR) is 53.7 cm³/mol. The van der Waals surface area contributed by atoms with Gasteiger partial charge in [-0.15, -0.1) is 0 Å². The Morgan fingerprint density at radius 2 is 1.87 bits per heavy atom. The summed E-state index contributed by atoms with van der Waals surface area (Å²) in [5.41, 5.74) is 5.97. The van der Waals surface area contributed by atoms with Gasteiger partial charge in [-0.3, -0.25) is 4.72 Å². The molecule has 0 radical (unpaired) electrons. The summed E-state index contributed by atoms with van der Waals surface area (Å²) < 4.78 is 33.8. The summed E-state index contributed by atoms with van der Waals surface area (Å²) in [5.74, 6) is 0.905. The molecule has 0 unspecified atom stereocenters. The second-order valence-corrected chi connectivity index (χ2v) is 4.23. The molecule has 0 amide bonds. The van der Waals surface area contributed by atoms with E-state index in [1.54, 1.807) is 0 Å². The van der Waals surface area contributed by atoms with E-state index in [0.29, 0.717) is 11.5 Å². The minimum absolute atomic E-state index is 0.0909. The number of nitrogens with one attached hydrogen (secondary N) is 1. The van der Waals surface area contributed by atoms with Gasteiger partial charge in [0.05, 0.1) is 11.4 Å². The molecule has 82 valence electrons. The molecule has 0 atom stereocenters. The van der Waals surface area contributed by atoms with Crippen molar-refractivity contribution in [1.29, 1.82) is 0 Å². The third kappa shape index (κ3) is 2.05. The minimum Gasteiger partial charge on any atom is -0.454 e. The Morgan fingerprint density at radius 1 is 1.27 bits per heavy atom. The molecule has 0 saturated carbocycles. The van der Waals surface area contributed by atoms with E-state index in [2.05, 4.69) is 4.72 Å². The van der Waals surface area contributed by atoms with Crippen molar-refractivity contribution in [1.82, 2.24) is 0 Å². The lowest BCUT2D eigenvalue weighted by molar-refractivity contribution is 0.174. The summed E-state index contributed by atoms with van der Waals surface area (Å²) in [7, 11) is -3.84. The second kappa shape index (κ2) is 3.17. The second-order valence-electron chi connectivity index (χ2n) is 2.94. The highest BCUT2D eigenvalue weighted by Gasteiger charge is 2.17. The van der Waals surface area contributed by atoms with Crippen LogP contribution in [0.4, 0.5) is 11.4 Å². The Balaban J connectivity index is 2.41. The zero-order valence-electron chi connectivity index (χ0n) is 7.56. The Morgan fingerprint density at radius 3 is 2.47 bits per heavy atom. The summed E-state index contributed by atoms with van der Waals surface area (Å²) in [6, 6.07) is 2.89. The summed E-state index contributed by atoms with van der Waals surface area (Å²) in [4.78, 5) is 0. The van der Waals surface area contributed by atoms with Crippen LogP contribution in [0.1, 0.15) is 0 Å². The topological polar surface area (TPSA) is 117 Å². The largest absolute Gasteiger partial charge is 0.454 e. The van der Waals surface area contributed by atoms with E-state index in [-0.39, 0.29) is 18.2 Å². The van der Waals surface area contributed by atoms with Gasteiger partial charge < -0.3 is 15.2 Å². The summed E-state index contributed by atoms with van der Waals surface area (Å²) in [5, 5.41) is 4.82. The molecule has 0 spiro atoms. The molecule has 0 bridgehead atoms. The van der Waals surface area contributed by atoms with Crippen LogP contribution in [-0.2, 0) is 10.2 Å². The van der Waals surface area contributed by atoms with Crippen molar-refractivity contribution in [2.45, 2.75) is 0 Å². The van der Waals surface area contributed by atoms with Gasteiger partial charge in [0.1, 0.15) is 0 Å². The van der Waals surface area contributed by atoms with Crippen molar-refractivity contribution in [2.24, 2.45) is 5.14 Å². The van der Waals surface area contributed by atoms with E-state index in [1.807, 2.05) is 0 Å². The van der Waals surface area contributed by atoms with Gasteiger partial charge in [-0.1, -0.05) is 0 Å². The molecule has 0 aliphatic carbocycles. The molecule has 1 aromatic carbocycles. The molecular weight excluding hydrogens is 222 g/mol. The van der Waals surface area contributed by atoms with E-state index in [0.717, 1.165) is 0 Å². The van der Waals surface area contributed by atoms with E-state index in [1.165, 1.54) is 12.1 Å². The fourth-order valence-electron chi connectivity index (χ4n) is 1.20. The molecule has 8 heteroatoms. The number of hydrogen-bond acceptors (Lipinski definition) is 5. The number of fused-ring (bicyclic) bond motifs is 1. The van der Waals surface area contributed by atoms with Crippen molar-refractivity contribution in [3.8, 4) is 11.5 Å². The first-order valence-corrected chi connectivity index (χ1v) is 5.50. The van der Waals surface area contributed by atoms with Gasteiger partial charge in [0, 0.05) is 12.1 Å². The van der Waals surface area contributed by atoms with Gasteiger partial charge in [-0.05, 0) is 0 Å². The zero-order valence-corrected chi connectivity index (χ0v) is 8.37. The fraction of sp³-hybridized carbons (Fsp3) is 0.143. The van der Waals surface area contributed by atoms with Crippen LogP contribution in [0.5, 0.6) is 11.5 Å². The standard InChI is InChI=1S/C7H9N3O4S/c8-4-1-6-7(14-3-13-6)2-5(4)10-15(9,11)12/h1-2,10H,3,8H2,(H2,9,11,12). The third-order valence-corrected chi connectivity index (χ3v) is 2.30. The van der Waals surface area contributed by atoms with Gasteiger partial charge in [0.15, 0.2) is 11.5 Å². The van der Waals surface area contributed by atoms with Crippen molar-refractivity contribution in [2.75, 3.05) is 17.2 Å². The first-order valence-electron chi connectivity index (χ1n) is 3.95. The maximum Gasteiger partial charge on any atom is 0.296 e. The number of ether oxygens (including phenoxy) is 2. The van der Waals surface area contributed by atoms with E-state index in [4.69, 9.17) is 20.3 Å². The van der Waals surface area contributed by atoms with E-state index < -0.39 is 10.2 Å². The molecule has 5 N–H and O–H groups in total. The highest BCUT2D eigenvalue weighted by Crippen LogP contribution is 2.38. The third-order valence-electron chi connectivity index (χ3n) is 1.80. The Hall–Kier alpha value is -1.67. The van der Waals surface area contributed by atoms with Crippen molar-refractivity contribution in [3.05, 3.63) is 12.1 Å². The predicted octanol–water partition coefficient (Wildman–Crippen LogP) is -0.387. The molecule has 1 aromatic rings. The van der Waals surface area contributed by atoms with Gasteiger partial charge in [0.25, 0.3) is 10.2 Å². The van der Waals surface area contributed by atoms with Crippen molar-refractivity contribution in [3.63, 3.8) is 0 Å². The van der Waals surface area contributed by atoms with E-state index >= 15 is 0 Å². The average molecular weight is 231 g/mol. The van der Waals surface area contributed by atoms with Crippen LogP contribution in [0.25, 0.3) is 0 Å². The summed E-state index contributed by atoms with van der Waals surface area (Å²) >= 11 is 0. The highest BCUT2D eigenvalue weighted by molar-refractivity contribution is 7.90. The van der Waals surface area contributed by atoms with Crippen LogP contribution in [0.2, 0.25) is 0 Å². The molecule has 0 fully saturated rings. The lowest BCUT2D eigenvalue weighted by Crippen LogP contribution is -2.22. The average Bonchev–Trinajstić information content (AvgIpc) is 2.49. The normalized spacial score (nSPS) is 13.9. The SMILES string of the molecule is Nc1cc2c(cc1NS(N)(=O)=O)OCO2. The van der Waals surface area contributed by atoms with Gasteiger partial charge in [0.2, 0.25) is 6.79 Å². The van der Waals surface area contributed by atoms with Crippen molar-refractivity contribution < 1.29 is 17.9 Å². The molecule has 7 nitrogen and oxygen atoms in total.